The number of para-hydroxylation sites is 1. The third-order valence-corrected chi connectivity index (χ3v) is 4.99. The average molecular weight is 382 g/mol. The van der Waals surface area contributed by atoms with Crippen LogP contribution in [-0.4, -0.2) is 17.1 Å². The lowest BCUT2D eigenvalue weighted by Crippen LogP contribution is -2.17. The van der Waals surface area contributed by atoms with Gasteiger partial charge in [-0.15, -0.1) is 6.42 Å². The van der Waals surface area contributed by atoms with Crippen LogP contribution in [0, 0.1) is 18.2 Å². The Hall–Kier alpha value is -2.91. The summed E-state index contributed by atoms with van der Waals surface area (Å²) in [7, 11) is 0. The summed E-state index contributed by atoms with van der Waals surface area (Å²) in [6.07, 6.45) is 7.40. The third-order valence-electron chi connectivity index (χ3n) is 3.95. The van der Waals surface area contributed by atoms with Gasteiger partial charge in [-0.25, -0.2) is 4.39 Å². The zero-order chi connectivity index (χ0) is 19.2. The molecule has 0 aliphatic heterocycles. The van der Waals surface area contributed by atoms with Gasteiger partial charge in [-0.2, -0.15) is 4.99 Å². The van der Waals surface area contributed by atoms with E-state index < -0.39 is 5.91 Å². The number of hydrogen-bond acceptors (Lipinski definition) is 3. The fraction of sp³-hybridized carbons (Fsp3) is 0.238. The first kappa shape index (κ1) is 18.9. The molecule has 138 valence electrons. The SMILES string of the molecule is C#CCn1c(=NC(=O)c2cccc(OCCCC)c2)sc2cccc(F)c21. The van der Waals surface area contributed by atoms with E-state index in [0.29, 0.717) is 32.9 Å². The van der Waals surface area contributed by atoms with E-state index in [1.165, 1.54) is 17.4 Å². The Kier molecular flexibility index (Phi) is 6.05. The molecule has 1 aromatic heterocycles. The summed E-state index contributed by atoms with van der Waals surface area (Å²) < 4.78 is 22.1. The van der Waals surface area contributed by atoms with Crippen molar-refractivity contribution in [2.45, 2.75) is 26.3 Å². The van der Waals surface area contributed by atoms with Crippen LogP contribution in [0.2, 0.25) is 0 Å². The molecule has 1 heterocycles. The summed E-state index contributed by atoms with van der Waals surface area (Å²) in [5, 5.41) is 0. The average Bonchev–Trinajstić information content (AvgIpc) is 3.01. The second-order valence-electron chi connectivity index (χ2n) is 5.91. The number of amides is 1. The van der Waals surface area contributed by atoms with Crippen molar-refractivity contribution in [3.8, 4) is 18.1 Å². The van der Waals surface area contributed by atoms with Crippen LogP contribution >= 0.6 is 11.3 Å². The number of carbonyl (C=O) groups excluding carboxylic acids is 1. The molecule has 6 heteroatoms. The molecule has 0 bridgehead atoms. The molecule has 2 aromatic carbocycles. The van der Waals surface area contributed by atoms with Crippen LogP contribution in [0.5, 0.6) is 5.75 Å². The van der Waals surface area contributed by atoms with Gasteiger partial charge in [-0.1, -0.05) is 42.7 Å². The molecular formula is C21H19FN2O2S. The topological polar surface area (TPSA) is 43.6 Å². The number of nitrogens with zero attached hydrogens (tertiary/aromatic N) is 2. The molecule has 3 aromatic rings. The molecule has 0 saturated carbocycles. The molecular weight excluding hydrogens is 363 g/mol. The molecule has 0 fully saturated rings. The highest BCUT2D eigenvalue weighted by molar-refractivity contribution is 7.16. The van der Waals surface area contributed by atoms with Crippen LogP contribution in [0.4, 0.5) is 4.39 Å². The van der Waals surface area contributed by atoms with Crippen molar-refractivity contribution in [2.24, 2.45) is 4.99 Å². The quantitative estimate of drug-likeness (QED) is 0.469. The highest BCUT2D eigenvalue weighted by Crippen LogP contribution is 2.20. The minimum absolute atomic E-state index is 0.132. The van der Waals surface area contributed by atoms with Gasteiger partial charge in [0.1, 0.15) is 11.6 Å². The predicted octanol–water partition coefficient (Wildman–Crippen LogP) is 4.40. The smallest absolute Gasteiger partial charge is 0.279 e. The lowest BCUT2D eigenvalue weighted by Gasteiger charge is -2.06. The Morgan fingerprint density at radius 2 is 2.15 bits per heavy atom. The molecule has 0 atom stereocenters. The van der Waals surface area contributed by atoms with Crippen molar-refractivity contribution in [1.29, 1.82) is 0 Å². The molecule has 27 heavy (non-hydrogen) atoms. The van der Waals surface area contributed by atoms with E-state index in [9.17, 15) is 9.18 Å². The fourth-order valence-electron chi connectivity index (χ4n) is 2.61. The number of aromatic nitrogens is 1. The number of unbranched alkanes of at least 4 members (excludes halogenated alkanes) is 1. The molecule has 0 saturated heterocycles. The zero-order valence-corrected chi connectivity index (χ0v) is 15.8. The summed E-state index contributed by atoms with van der Waals surface area (Å²) in [4.78, 5) is 17.2. The molecule has 0 N–H and O–H groups in total. The van der Waals surface area contributed by atoms with Gasteiger partial charge in [-0.05, 0) is 36.8 Å². The van der Waals surface area contributed by atoms with Crippen LogP contribution in [0.1, 0.15) is 30.1 Å². The molecule has 1 amide bonds. The van der Waals surface area contributed by atoms with E-state index in [1.807, 2.05) is 0 Å². The molecule has 0 unspecified atom stereocenters. The summed E-state index contributed by atoms with van der Waals surface area (Å²) in [6.45, 7) is 2.82. The maximum absolute atomic E-state index is 14.2. The number of benzene rings is 2. The Morgan fingerprint density at radius 3 is 2.93 bits per heavy atom. The van der Waals surface area contributed by atoms with E-state index in [0.717, 1.165) is 12.8 Å². The number of thiazole rings is 1. The minimum Gasteiger partial charge on any atom is -0.494 e. The number of terminal acetylenes is 1. The monoisotopic (exact) mass is 382 g/mol. The maximum atomic E-state index is 14.2. The van der Waals surface area contributed by atoms with Gasteiger partial charge in [0, 0.05) is 5.56 Å². The zero-order valence-electron chi connectivity index (χ0n) is 14.9. The summed E-state index contributed by atoms with van der Waals surface area (Å²) in [5.74, 6) is 2.31. The second kappa shape index (κ2) is 8.65. The molecule has 3 rings (SSSR count). The number of fused-ring (bicyclic) bond motifs is 1. The van der Waals surface area contributed by atoms with Crippen LogP contribution < -0.4 is 9.54 Å². The molecule has 0 aliphatic rings. The lowest BCUT2D eigenvalue weighted by atomic mass is 10.2. The molecule has 0 aliphatic carbocycles. The van der Waals surface area contributed by atoms with E-state index in [1.54, 1.807) is 41.0 Å². The second-order valence-corrected chi connectivity index (χ2v) is 6.92. The van der Waals surface area contributed by atoms with Crippen molar-refractivity contribution in [3.63, 3.8) is 0 Å². The van der Waals surface area contributed by atoms with Crippen LogP contribution in [0.15, 0.2) is 47.5 Å². The number of halogens is 1. The van der Waals surface area contributed by atoms with Gasteiger partial charge < -0.3 is 9.30 Å². The Balaban J connectivity index is 1.98. The first-order valence-electron chi connectivity index (χ1n) is 8.67. The van der Waals surface area contributed by atoms with Crippen molar-refractivity contribution in [2.75, 3.05) is 6.61 Å². The van der Waals surface area contributed by atoms with Crippen molar-refractivity contribution in [1.82, 2.24) is 4.57 Å². The number of hydrogen-bond donors (Lipinski definition) is 0. The van der Waals surface area contributed by atoms with E-state index in [4.69, 9.17) is 11.2 Å². The minimum atomic E-state index is -0.423. The molecule has 4 nitrogen and oxygen atoms in total. The van der Waals surface area contributed by atoms with Gasteiger partial charge in [0.05, 0.1) is 23.4 Å². The van der Waals surface area contributed by atoms with Gasteiger partial charge in [0.15, 0.2) is 4.80 Å². The normalized spacial score (nSPS) is 11.5. The predicted molar refractivity (Wildman–Crippen MR) is 105 cm³/mol. The van der Waals surface area contributed by atoms with Crippen LogP contribution in [0.25, 0.3) is 10.2 Å². The summed E-state index contributed by atoms with van der Waals surface area (Å²) in [6, 6.07) is 11.7. The highest BCUT2D eigenvalue weighted by atomic mass is 32.1. The van der Waals surface area contributed by atoms with E-state index >= 15 is 0 Å². The standard InChI is InChI=1S/C21H19FN2O2S/c1-3-5-13-26-16-9-6-8-15(14-16)20(25)23-21-24(12-4-2)19-17(22)10-7-11-18(19)27-21/h2,6-11,14H,3,5,12-13H2,1H3. The highest BCUT2D eigenvalue weighted by Gasteiger charge is 2.12. The third kappa shape index (κ3) is 4.26. The Labute approximate surface area is 160 Å². The van der Waals surface area contributed by atoms with Gasteiger partial charge in [0.25, 0.3) is 5.91 Å². The Bertz CT molecular complexity index is 1080. The molecule has 0 spiro atoms. The van der Waals surface area contributed by atoms with Crippen molar-refractivity contribution >= 4 is 27.5 Å². The summed E-state index contributed by atoms with van der Waals surface area (Å²) in [5.41, 5.74) is 0.776. The largest absolute Gasteiger partial charge is 0.494 e. The van der Waals surface area contributed by atoms with Crippen LogP contribution in [0.3, 0.4) is 0 Å². The first-order chi connectivity index (χ1) is 13.1. The first-order valence-corrected chi connectivity index (χ1v) is 9.49. The lowest BCUT2D eigenvalue weighted by molar-refractivity contribution is 0.0997. The van der Waals surface area contributed by atoms with Gasteiger partial charge in [-0.3, -0.25) is 4.79 Å². The maximum Gasteiger partial charge on any atom is 0.279 e. The van der Waals surface area contributed by atoms with Crippen LogP contribution in [-0.2, 0) is 6.54 Å². The number of rotatable bonds is 6. The van der Waals surface area contributed by atoms with E-state index in [2.05, 4.69) is 17.8 Å². The molecule has 0 radical (unpaired) electrons. The van der Waals surface area contributed by atoms with Crippen molar-refractivity contribution in [3.05, 3.63) is 58.6 Å². The number of ether oxygens (including phenoxy) is 1. The van der Waals surface area contributed by atoms with Crippen molar-refractivity contribution < 1.29 is 13.9 Å². The van der Waals surface area contributed by atoms with Gasteiger partial charge >= 0.3 is 0 Å². The summed E-state index contributed by atoms with van der Waals surface area (Å²) >= 11 is 1.23. The Morgan fingerprint density at radius 1 is 1.33 bits per heavy atom. The number of carbonyl (C=O) groups is 1. The fourth-order valence-corrected chi connectivity index (χ4v) is 3.66. The van der Waals surface area contributed by atoms with E-state index in [-0.39, 0.29) is 12.4 Å². The van der Waals surface area contributed by atoms with Gasteiger partial charge in [0.2, 0.25) is 0 Å².